The van der Waals surface area contributed by atoms with Crippen molar-refractivity contribution in [3.8, 4) is 5.75 Å². The van der Waals surface area contributed by atoms with Crippen molar-refractivity contribution >= 4 is 72.4 Å². The molecular formula is C23H19Br2N3O6S. The van der Waals surface area contributed by atoms with Gasteiger partial charge in [-0.15, -0.1) is 0 Å². The van der Waals surface area contributed by atoms with Crippen LogP contribution in [0, 0.1) is 10.1 Å². The highest BCUT2D eigenvalue weighted by molar-refractivity contribution is 9.11. The zero-order chi connectivity index (χ0) is 25.1. The second kappa shape index (κ2) is 10.9. The molecule has 9 nitrogen and oxygen atoms in total. The normalized spacial score (nSPS) is 16.9. The van der Waals surface area contributed by atoms with Crippen molar-refractivity contribution in [1.29, 1.82) is 0 Å². The summed E-state index contributed by atoms with van der Waals surface area (Å²) in [6.07, 6.45) is 3.47. The first-order valence-electron chi connectivity index (χ1n) is 10.6. The molecule has 0 saturated carbocycles. The van der Waals surface area contributed by atoms with Gasteiger partial charge in [0, 0.05) is 25.2 Å². The average Bonchev–Trinajstić information content (AvgIpc) is 3.44. The van der Waals surface area contributed by atoms with Crippen molar-refractivity contribution in [2.45, 2.75) is 19.4 Å². The summed E-state index contributed by atoms with van der Waals surface area (Å²) in [4.78, 5) is 50.8. The van der Waals surface area contributed by atoms with Crippen LogP contribution in [0.4, 0.5) is 10.5 Å². The van der Waals surface area contributed by atoms with Crippen LogP contribution in [0.15, 0.2) is 50.2 Å². The van der Waals surface area contributed by atoms with E-state index in [1.165, 1.54) is 12.1 Å². The van der Waals surface area contributed by atoms with E-state index in [0.717, 1.165) is 35.1 Å². The van der Waals surface area contributed by atoms with E-state index in [2.05, 4.69) is 31.9 Å². The van der Waals surface area contributed by atoms with Crippen molar-refractivity contribution in [3.63, 3.8) is 0 Å². The van der Waals surface area contributed by atoms with Gasteiger partial charge in [-0.1, -0.05) is 0 Å². The van der Waals surface area contributed by atoms with Crippen LogP contribution in [-0.4, -0.2) is 51.4 Å². The zero-order valence-corrected chi connectivity index (χ0v) is 22.2. The molecule has 0 aromatic heterocycles. The lowest BCUT2D eigenvalue weighted by Crippen LogP contribution is -2.40. The predicted molar refractivity (Wildman–Crippen MR) is 138 cm³/mol. The van der Waals surface area contributed by atoms with Crippen molar-refractivity contribution in [1.82, 2.24) is 9.80 Å². The Bertz CT molecular complexity index is 1210. The van der Waals surface area contributed by atoms with Gasteiger partial charge in [-0.2, -0.15) is 0 Å². The maximum absolute atomic E-state index is 12.8. The number of benzene rings is 2. The number of nitrogens with zero attached hydrogens (tertiary/aromatic N) is 3. The standard InChI is InChI=1S/C23H19Br2N3O6S/c24-17-9-15(10-18(25)21(17)34-13-14-3-5-16(6-4-14)28(32)33)11-19-22(30)27(23(31)35-19)12-20(29)26-7-1-2-8-26/h3-6,9-11H,1-2,7-8,12-13H2/b19-11-. The number of thioether (sulfide) groups is 1. The Morgan fingerprint density at radius 1 is 1.11 bits per heavy atom. The zero-order valence-electron chi connectivity index (χ0n) is 18.2. The van der Waals surface area contributed by atoms with E-state index in [1.54, 1.807) is 35.2 Å². The van der Waals surface area contributed by atoms with E-state index in [0.29, 0.717) is 33.3 Å². The fraction of sp³-hybridized carbons (Fsp3) is 0.261. The van der Waals surface area contributed by atoms with Gasteiger partial charge in [-0.05, 0) is 97.9 Å². The minimum Gasteiger partial charge on any atom is -0.487 e. The number of hydrogen-bond donors (Lipinski definition) is 0. The Kier molecular flexibility index (Phi) is 7.92. The smallest absolute Gasteiger partial charge is 0.294 e. The van der Waals surface area contributed by atoms with Gasteiger partial charge in [0.25, 0.3) is 16.8 Å². The van der Waals surface area contributed by atoms with Crippen LogP contribution in [0.3, 0.4) is 0 Å². The topological polar surface area (TPSA) is 110 Å². The molecule has 2 aromatic carbocycles. The summed E-state index contributed by atoms with van der Waals surface area (Å²) in [6, 6.07) is 9.58. The second-order valence-corrected chi connectivity index (χ2v) is 10.6. The Labute approximate surface area is 221 Å². The van der Waals surface area contributed by atoms with Crippen LogP contribution in [0.5, 0.6) is 5.75 Å². The summed E-state index contributed by atoms with van der Waals surface area (Å²) in [6.45, 7) is 1.26. The monoisotopic (exact) mass is 623 g/mol. The Balaban J connectivity index is 1.44. The minimum atomic E-state index is -0.488. The van der Waals surface area contributed by atoms with Crippen molar-refractivity contribution < 1.29 is 24.0 Å². The number of carbonyl (C=O) groups is 3. The second-order valence-electron chi connectivity index (χ2n) is 7.88. The van der Waals surface area contributed by atoms with E-state index in [4.69, 9.17) is 4.74 Å². The number of ether oxygens (including phenoxy) is 1. The van der Waals surface area contributed by atoms with Crippen LogP contribution in [0.1, 0.15) is 24.0 Å². The molecule has 0 aliphatic carbocycles. The largest absolute Gasteiger partial charge is 0.487 e. The number of amides is 3. The molecule has 0 unspecified atom stereocenters. The fourth-order valence-corrected chi connectivity index (χ4v) is 5.95. The summed E-state index contributed by atoms with van der Waals surface area (Å²) < 4.78 is 7.09. The molecule has 2 aromatic rings. The number of rotatable bonds is 7. The third-order valence-corrected chi connectivity index (χ3v) is 7.56. The van der Waals surface area contributed by atoms with E-state index < -0.39 is 16.1 Å². The van der Waals surface area contributed by atoms with Crippen LogP contribution in [0.25, 0.3) is 6.08 Å². The number of likely N-dealkylation sites (tertiary alicyclic amines) is 1. The highest BCUT2D eigenvalue weighted by Crippen LogP contribution is 2.38. The van der Waals surface area contributed by atoms with Gasteiger partial charge in [0.05, 0.1) is 18.8 Å². The predicted octanol–water partition coefficient (Wildman–Crippen LogP) is 5.36. The number of imide groups is 1. The first-order valence-corrected chi connectivity index (χ1v) is 13.0. The number of halogens is 2. The van der Waals surface area contributed by atoms with Crippen LogP contribution < -0.4 is 4.74 Å². The van der Waals surface area contributed by atoms with E-state index in [1.807, 2.05) is 0 Å². The third-order valence-electron chi connectivity index (χ3n) is 5.47. The van der Waals surface area contributed by atoms with Gasteiger partial charge < -0.3 is 9.64 Å². The van der Waals surface area contributed by atoms with Crippen molar-refractivity contribution in [3.05, 3.63) is 71.5 Å². The molecule has 182 valence electrons. The lowest BCUT2D eigenvalue weighted by molar-refractivity contribution is -0.384. The molecule has 0 bridgehead atoms. The molecule has 4 rings (SSSR count). The lowest BCUT2D eigenvalue weighted by atomic mass is 10.2. The van der Waals surface area contributed by atoms with Crippen LogP contribution in [-0.2, 0) is 16.2 Å². The van der Waals surface area contributed by atoms with Gasteiger partial charge in [0.1, 0.15) is 18.9 Å². The Morgan fingerprint density at radius 2 is 1.74 bits per heavy atom. The number of hydrogen-bond acceptors (Lipinski definition) is 7. The number of non-ortho nitro benzene ring substituents is 1. The van der Waals surface area contributed by atoms with Gasteiger partial charge in [-0.3, -0.25) is 29.4 Å². The molecule has 2 saturated heterocycles. The molecule has 2 heterocycles. The summed E-state index contributed by atoms with van der Waals surface area (Å²) in [5.74, 6) is -0.186. The first-order chi connectivity index (χ1) is 16.7. The van der Waals surface area contributed by atoms with Crippen LogP contribution in [0.2, 0.25) is 0 Å². The van der Waals surface area contributed by atoms with Gasteiger partial charge in [0.15, 0.2) is 0 Å². The Morgan fingerprint density at radius 3 is 2.34 bits per heavy atom. The molecule has 0 spiro atoms. The van der Waals surface area contributed by atoms with E-state index in [-0.39, 0.29) is 29.7 Å². The average molecular weight is 625 g/mol. The van der Waals surface area contributed by atoms with Gasteiger partial charge in [-0.25, -0.2) is 0 Å². The number of nitro benzene ring substituents is 1. The quantitative estimate of drug-likeness (QED) is 0.232. The summed E-state index contributed by atoms with van der Waals surface area (Å²) in [5.41, 5.74) is 1.42. The molecule has 2 fully saturated rings. The number of nitro groups is 1. The molecule has 35 heavy (non-hydrogen) atoms. The molecular weight excluding hydrogens is 606 g/mol. The molecule has 0 radical (unpaired) electrons. The molecule has 12 heteroatoms. The highest BCUT2D eigenvalue weighted by Gasteiger charge is 2.37. The molecule has 0 atom stereocenters. The summed E-state index contributed by atoms with van der Waals surface area (Å²) in [7, 11) is 0. The van der Waals surface area contributed by atoms with Crippen LogP contribution >= 0.6 is 43.6 Å². The van der Waals surface area contributed by atoms with E-state index in [9.17, 15) is 24.5 Å². The summed E-state index contributed by atoms with van der Waals surface area (Å²) in [5, 5.41) is 10.3. The summed E-state index contributed by atoms with van der Waals surface area (Å²) >= 11 is 7.74. The maximum Gasteiger partial charge on any atom is 0.294 e. The minimum absolute atomic E-state index is 0.00490. The highest BCUT2D eigenvalue weighted by atomic mass is 79.9. The van der Waals surface area contributed by atoms with E-state index >= 15 is 0 Å². The number of carbonyl (C=O) groups excluding carboxylic acids is 3. The lowest BCUT2D eigenvalue weighted by Gasteiger charge is -2.18. The van der Waals surface area contributed by atoms with Gasteiger partial charge >= 0.3 is 0 Å². The molecule has 0 N–H and O–H groups in total. The molecule has 2 aliphatic heterocycles. The molecule has 2 aliphatic rings. The molecule has 3 amide bonds. The third kappa shape index (κ3) is 5.93. The SMILES string of the molecule is O=C(CN1C(=O)S/C(=C\c2cc(Br)c(OCc3ccc([N+](=O)[O-])cc3)c(Br)c2)C1=O)N1CCCC1. The first kappa shape index (κ1) is 25.4. The fourth-order valence-electron chi connectivity index (χ4n) is 3.66. The maximum atomic E-state index is 12.8. The van der Waals surface area contributed by atoms with Crippen molar-refractivity contribution in [2.75, 3.05) is 19.6 Å². The van der Waals surface area contributed by atoms with Crippen molar-refractivity contribution in [2.24, 2.45) is 0 Å². The van der Waals surface area contributed by atoms with Gasteiger partial charge in [0.2, 0.25) is 5.91 Å². The Hall–Kier alpha value is -2.70.